The Kier molecular flexibility index (Phi) is 8.90. The summed E-state index contributed by atoms with van der Waals surface area (Å²) in [5.74, 6) is 0.716. The molecule has 3 heteroatoms. The van der Waals surface area contributed by atoms with E-state index in [0.29, 0.717) is 18.5 Å². The van der Waals surface area contributed by atoms with Gasteiger partial charge in [-0.25, -0.2) is 0 Å². The van der Waals surface area contributed by atoms with Crippen LogP contribution in [0.25, 0.3) is 0 Å². The van der Waals surface area contributed by atoms with Crippen LogP contribution in [0.3, 0.4) is 0 Å². The number of likely N-dealkylation sites (N-methyl/N-ethyl adjacent to an activating group) is 1. The van der Waals surface area contributed by atoms with Crippen LogP contribution >= 0.6 is 0 Å². The Balaban J connectivity index is 3.71. The van der Waals surface area contributed by atoms with Crippen molar-refractivity contribution in [3.8, 4) is 0 Å². The van der Waals surface area contributed by atoms with E-state index in [1.165, 1.54) is 6.42 Å². The Bertz CT molecular complexity index is 162. The summed E-state index contributed by atoms with van der Waals surface area (Å²) in [6.45, 7) is 11.3. The van der Waals surface area contributed by atoms with E-state index >= 15 is 0 Å². The zero-order valence-electron chi connectivity index (χ0n) is 11.7. The van der Waals surface area contributed by atoms with Crippen molar-refractivity contribution in [1.82, 2.24) is 10.2 Å². The van der Waals surface area contributed by atoms with Crippen LogP contribution in [0.4, 0.5) is 0 Å². The minimum absolute atomic E-state index is 0.258. The van der Waals surface area contributed by atoms with Crippen LogP contribution in [0.2, 0.25) is 0 Å². The van der Waals surface area contributed by atoms with E-state index in [1.807, 2.05) is 0 Å². The van der Waals surface area contributed by atoms with E-state index in [2.05, 4.69) is 45.0 Å². The van der Waals surface area contributed by atoms with Crippen LogP contribution in [0.1, 0.15) is 40.5 Å². The molecule has 0 saturated heterocycles. The Morgan fingerprint density at radius 1 is 1.25 bits per heavy atom. The van der Waals surface area contributed by atoms with Gasteiger partial charge in [-0.05, 0) is 39.3 Å². The van der Waals surface area contributed by atoms with Gasteiger partial charge in [0.05, 0.1) is 6.10 Å². The number of hydrogen-bond donors (Lipinski definition) is 2. The van der Waals surface area contributed by atoms with Crippen molar-refractivity contribution in [2.45, 2.75) is 52.7 Å². The van der Waals surface area contributed by atoms with Crippen LogP contribution < -0.4 is 5.32 Å². The first-order chi connectivity index (χ1) is 7.47. The summed E-state index contributed by atoms with van der Waals surface area (Å²) in [4.78, 5) is 2.25. The predicted molar refractivity (Wildman–Crippen MR) is 70.7 cm³/mol. The Morgan fingerprint density at radius 2 is 1.88 bits per heavy atom. The standard InChI is InChI=1S/C13H30N2O/c1-6-7-14-9-13(16)10-15(5)12(4)8-11(2)3/h11-14,16H,6-10H2,1-5H3. The van der Waals surface area contributed by atoms with Crippen LogP contribution in [0.5, 0.6) is 0 Å². The molecule has 0 aliphatic carbocycles. The largest absolute Gasteiger partial charge is 0.390 e. The molecular formula is C13H30N2O. The average Bonchev–Trinajstić information content (AvgIpc) is 2.16. The number of rotatable bonds is 9. The molecule has 2 N–H and O–H groups in total. The summed E-state index contributed by atoms with van der Waals surface area (Å²) in [6.07, 6.45) is 2.05. The van der Waals surface area contributed by atoms with Gasteiger partial charge in [-0.2, -0.15) is 0 Å². The van der Waals surface area contributed by atoms with Gasteiger partial charge in [0.1, 0.15) is 0 Å². The fourth-order valence-corrected chi connectivity index (χ4v) is 1.88. The molecule has 0 heterocycles. The average molecular weight is 230 g/mol. The predicted octanol–water partition coefficient (Wildman–Crippen LogP) is 1.71. The van der Waals surface area contributed by atoms with Gasteiger partial charge in [0.15, 0.2) is 0 Å². The van der Waals surface area contributed by atoms with Crippen molar-refractivity contribution in [1.29, 1.82) is 0 Å². The summed E-state index contributed by atoms with van der Waals surface area (Å²) < 4.78 is 0. The zero-order valence-corrected chi connectivity index (χ0v) is 11.7. The third-order valence-corrected chi connectivity index (χ3v) is 2.87. The van der Waals surface area contributed by atoms with Crippen molar-refractivity contribution in [2.24, 2.45) is 5.92 Å². The molecule has 16 heavy (non-hydrogen) atoms. The molecule has 2 atom stereocenters. The van der Waals surface area contributed by atoms with Gasteiger partial charge < -0.3 is 15.3 Å². The highest BCUT2D eigenvalue weighted by molar-refractivity contribution is 4.70. The summed E-state index contributed by atoms with van der Waals surface area (Å²) in [6, 6.07) is 0.542. The van der Waals surface area contributed by atoms with E-state index in [9.17, 15) is 5.11 Å². The molecule has 0 aliphatic heterocycles. The van der Waals surface area contributed by atoms with E-state index in [0.717, 1.165) is 19.5 Å². The fourth-order valence-electron chi connectivity index (χ4n) is 1.88. The van der Waals surface area contributed by atoms with Gasteiger partial charge in [0.2, 0.25) is 0 Å². The van der Waals surface area contributed by atoms with Crippen molar-refractivity contribution < 1.29 is 5.11 Å². The Labute approximate surface area is 101 Å². The molecule has 0 amide bonds. The molecule has 0 radical (unpaired) electrons. The molecule has 0 fully saturated rings. The Morgan fingerprint density at radius 3 is 2.38 bits per heavy atom. The normalized spacial score (nSPS) is 15.8. The molecule has 0 aromatic carbocycles. The maximum atomic E-state index is 9.83. The fraction of sp³-hybridized carbons (Fsp3) is 1.00. The maximum absolute atomic E-state index is 9.83. The van der Waals surface area contributed by atoms with Crippen molar-refractivity contribution in [3.63, 3.8) is 0 Å². The van der Waals surface area contributed by atoms with Crippen LogP contribution in [-0.4, -0.2) is 48.8 Å². The number of aliphatic hydroxyl groups excluding tert-OH is 1. The second-order valence-electron chi connectivity index (χ2n) is 5.28. The minimum Gasteiger partial charge on any atom is -0.390 e. The third-order valence-electron chi connectivity index (χ3n) is 2.87. The number of aliphatic hydroxyl groups is 1. The Hall–Kier alpha value is -0.120. The number of nitrogens with zero attached hydrogens (tertiary/aromatic N) is 1. The molecule has 0 saturated carbocycles. The molecule has 98 valence electrons. The molecule has 3 nitrogen and oxygen atoms in total. The van der Waals surface area contributed by atoms with Crippen LogP contribution in [0.15, 0.2) is 0 Å². The topological polar surface area (TPSA) is 35.5 Å². The molecule has 2 unspecified atom stereocenters. The first kappa shape index (κ1) is 15.9. The lowest BCUT2D eigenvalue weighted by atomic mass is 10.0. The SMILES string of the molecule is CCCNCC(O)CN(C)C(C)CC(C)C. The highest BCUT2D eigenvalue weighted by atomic mass is 16.3. The minimum atomic E-state index is -0.258. The van der Waals surface area contributed by atoms with Crippen molar-refractivity contribution in [3.05, 3.63) is 0 Å². The summed E-state index contributed by atoms with van der Waals surface area (Å²) >= 11 is 0. The van der Waals surface area contributed by atoms with E-state index < -0.39 is 0 Å². The van der Waals surface area contributed by atoms with E-state index in [4.69, 9.17) is 0 Å². The van der Waals surface area contributed by atoms with E-state index in [-0.39, 0.29) is 6.10 Å². The lowest BCUT2D eigenvalue weighted by molar-refractivity contribution is 0.101. The summed E-state index contributed by atoms with van der Waals surface area (Å²) in [5, 5.41) is 13.1. The molecule has 0 spiro atoms. The lowest BCUT2D eigenvalue weighted by Gasteiger charge is -2.28. The summed E-state index contributed by atoms with van der Waals surface area (Å²) in [5.41, 5.74) is 0. The van der Waals surface area contributed by atoms with Crippen LogP contribution in [-0.2, 0) is 0 Å². The highest BCUT2D eigenvalue weighted by Gasteiger charge is 2.14. The second kappa shape index (κ2) is 8.97. The molecule has 0 aromatic heterocycles. The van der Waals surface area contributed by atoms with Gasteiger partial charge in [0, 0.05) is 19.1 Å². The molecular weight excluding hydrogens is 200 g/mol. The van der Waals surface area contributed by atoms with Crippen molar-refractivity contribution >= 4 is 0 Å². The molecule has 0 aliphatic rings. The van der Waals surface area contributed by atoms with Gasteiger partial charge in [-0.15, -0.1) is 0 Å². The van der Waals surface area contributed by atoms with Gasteiger partial charge >= 0.3 is 0 Å². The maximum Gasteiger partial charge on any atom is 0.0791 e. The second-order valence-corrected chi connectivity index (χ2v) is 5.28. The van der Waals surface area contributed by atoms with Gasteiger partial charge in [-0.1, -0.05) is 20.8 Å². The van der Waals surface area contributed by atoms with Crippen molar-refractivity contribution in [2.75, 3.05) is 26.7 Å². The number of nitrogens with one attached hydrogen (secondary N) is 1. The first-order valence-corrected chi connectivity index (χ1v) is 6.56. The third kappa shape index (κ3) is 8.08. The molecule has 0 rings (SSSR count). The van der Waals surface area contributed by atoms with Crippen LogP contribution in [0, 0.1) is 5.92 Å². The smallest absolute Gasteiger partial charge is 0.0791 e. The molecule has 0 bridgehead atoms. The quantitative estimate of drug-likeness (QED) is 0.592. The highest BCUT2D eigenvalue weighted by Crippen LogP contribution is 2.09. The van der Waals surface area contributed by atoms with E-state index in [1.54, 1.807) is 0 Å². The van der Waals surface area contributed by atoms with Gasteiger partial charge in [-0.3, -0.25) is 0 Å². The lowest BCUT2D eigenvalue weighted by Crippen LogP contribution is -2.40. The van der Waals surface area contributed by atoms with Gasteiger partial charge in [0.25, 0.3) is 0 Å². The monoisotopic (exact) mass is 230 g/mol. The zero-order chi connectivity index (χ0) is 12.6. The molecule has 0 aromatic rings. The summed E-state index contributed by atoms with van der Waals surface area (Å²) in [7, 11) is 2.09. The first-order valence-electron chi connectivity index (χ1n) is 6.56. The number of hydrogen-bond acceptors (Lipinski definition) is 3.